The molecule has 0 saturated heterocycles. The molecule has 6 heteroatoms. The molecule has 0 atom stereocenters. The first-order valence-corrected chi connectivity index (χ1v) is 7.04. The average Bonchev–Trinajstić information content (AvgIpc) is 2.98. The van der Waals surface area contributed by atoms with Crippen LogP contribution in [0.25, 0.3) is 22.6 Å². The van der Waals surface area contributed by atoms with Gasteiger partial charge in [0.25, 0.3) is 0 Å². The topological polar surface area (TPSA) is 80.3 Å². The maximum absolute atomic E-state index is 8.90. The molecule has 0 aliphatic heterocycles. The van der Waals surface area contributed by atoms with Crippen LogP contribution >= 0.6 is 0 Å². The number of aromatic nitrogens is 3. The maximum atomic E-state index is 8.90. The van der Waals surface area contributed by atoms with Gasteiger partial charge in [0, 0.05) is 25.3 Å². The summed E-state index contributed by atoms with van der Waals surface area (Å²) in [5.41, 5.74) is 2.36. The van der Waals surface area contributed by atoms with Crippen LogP contribution in [0, 0.1) is 0 Å². The molecule has 3 aromatic rings. The van der Waals surface area contributed by atoms with E-state index in [-0.39, 0.29) is 6.61 Å². The van der Waals surface area contributed by atoms with Crippen molar-refractivity contribution in [2.24, 2.45) is 0 Å². The fourth-order valence-corrected chi connectivity index (χ4v) is 2.16. The lowest BCUT2D eigenvalue weighted by atomic mass is 10.2. The Bertz CT molecular complexity index is 737. The van der Waals surface area contributed by atoms with Crippen molar-refractivity contribution in [2.75, 3.05) is 20.3 Å². The highest BCUT2D eigenvalue weighted by molar-refractivity contribution is 5.77. The van der Waals surface area contributed by atoms with Crippen LogP contribution in [0.5, 0.6) is 11.5 Å². The molecule has 2 N–H and O–H groups in total. The van der Waals surface area contributed by atoms with Crippen LogP contribution in [0.15, 0.2) is 36.5 Å². The van der Waals surface area contributed by atoms with Gasteiger partial charge in [0.05, 0.1) is 24.8 Å². The predicted octanol–water partition coefficient (Wildman–Crippen LogP) is 2.39. The van der Waals surface area contributed by atoms with E-state index in [1.807, 2.05) is 30.3 Å². The molecule has 0 aliphatic rings. The highest BCUT2D eigenvalue weighted by Gasteiger charge is 2.12. The second-order valence-electron chi connectivity index (χ2n) is 4.75. The first-order chi connectivity index (χ1) is 10.8. The van der Waals surface area contributed by atoms with Crippen molar-refractivity contribution in [1.29, 1.82) is 0 Å². The van der Waals surface area contributed by atoms with Gasteiger partial charge in [-0.1, -0.05) is 0 Å². The lowest BCUT2D eigenvalue weighted by Crippen LogP contribution is -2.01. The predicted molar refractivity (Wildman–Crippen MR) is 83.1 cm³/mol. The van der Waals surface area contributed by atoms with Gasteiger partial charge < -0.3 is 19.6 Å². The summed E-state index contributed by atoms with van der Waals surface area (Å²) in [5.74, 6) is 2.05. The van der Waals surface area contributed by atoms with Crippen molar-refractivity contribution in [1.82, 2.24) is 15.0 Å². The third kappa shape index (κ3) is 2.87. The molecule has 2 heterocycles. The minimum Gasteiger partial charge on any atom is -0.497 e. The normalized spacial score (nSPS) is 10.8. The zero-order valence-electron chi connectivity index (χ0n) is 12.2. The number of H-pyrrole nitrogens is 1. The summed E-state index contributed by atoms with van der Waals surface area (Å²) in [4.78, 5) is 12.0. The van der Waals surface area contributed by atoms with Gasteiger partial charge in [-0.15, -0.1) is 0 Å². The molecule has 6 nitrogen and oxygen atoms in total. The van der Waals surface area contributed by atoms with E-state index in [1.165, 1.54) is 0 Å². The molecule has 0 spiro atoms. The van der Waals surface area contributed by atoms with Gasteiger partial charge in [0.15, 0.2) is 5.65 Å². The monoisotopic (exact) mass is 299 g/mol. The van der Waals surface area contributed by atoms with E-state index in [9.17, 15) is 0 Å². The van der Waals surface area contributed by atoms with Crippen molar-refractivity contribution < 1.29 is 14.6 Å². The Labute approximate surface area is 127 Å². The summed E-state index contributed by atoms with van der Waals surface area (Å²) < 4.78 is 11.0. The number of benzene rings is 1. The number of nitrogens with zero attached hydrogens (tertiary/aromatic N) is 2. The van der Waals surface area contributed by atoms with Gasteiger partial charge in [-0.25, -0.2) is 9.97 Å². The number of aliphatic hydroxyl groups excluding tert-OH is 1. The lowest BCUT2D eigenvalue weighted by Gasteiger charge is -2.11. The largest absolute Gasteiger partial charge is 0.497 e. The zero-order valence-corrected chi connectivity index (χ0v) is 12.2. The van der Waals surface area contributed by atoms with Gasteiger partial charge in [0.2, 0.25) is 0 Å². The van der Waals surface area contributed by atoms with Gasteiger partial charge >= 0.3 is 0 Å². The summed E-state index contributed by atoms with van der Waals surface area (Å²) >= 11 is 0. The Hall–Kier alpha value is -2.60. The number of hydrogen-bond donors (Lipinski definition) is 2. The fourth-order valence-electron chi connectivity index (χ4n) is 2.16. The number of rotatable bonds is 6. The summed E-state index contributed by atoms with van der Waals surface area (Å²) in [6, 6.07) is 9.35. The highest BCUT2D eigenvalue weighted by atomic mass is 16.5. The van der Waals surface area contributed by atoms with E-state index < -0.39 is 0 Å². The Morgan fingerprint density at radius 1 is 1.27 bits per heavy atom. The second-order valence-corrected chi connectivity index (χ2v) is 4.75. The van der Waals surface area contributed by atoms with Crippen LogP contribution in [-0.2, 0) is 0 Å². The number of aromatic amines is 1. The van der Waals surface area contributed by atoms with Crippen molar-refractivity contribution >= 4 is 11.2 Å². The average molecular weight is 299 g/mol. The molecule has 22 heavy (non-hydrogen) atoms. The number of ether oxygens (including phenoxy) is 2. The first-order valence-electron chi connectivity index (χ1n) is 7.04. The van der Waals surface area contributed by atoms with Crippen molar-refractivity contribution in [3.8, 4) is 22.9 Å². The third-order valence-electron chi connectivity index (χ3n) is 3.26. The van der Waals surface area contributed by atoms with E-state index in [4.69, 9.17) is 14.6 Å². The second kappa shape index (κ2) is 6.44. The molecule has 0 radical (unpaired) electrons. The lowest BCUT2D eigenvalue weighted by molar-refractivity contribution is 0.233. The summed E-state index contributed by atoms with van der Waals surface area (Å²) in [5, 5.41) is 8.90. The van der Waals surface area contributed by atoms with E-state index >= 15 is 0 Å². The van der Waals surface area contributed by atoms with Crippen LogP contribution in [-0.4, -0.2) is 40.4 Å². The van der Waals surface area contributed by atoms with Crippen molar-refractivity contribution in [3.05, 3.63) is 36.5 Å². The van der Waals surface area contributed by atoms with Gasteiger partial charge in [-0.3, -0.25) is 0 Å². The van der Waals surface area contributed by atoms with Gasteiger partial charge in [0.1, 0.15) is 17.3 Å². The zero-order chi connectivity index (χ0) is 15.4. The Balaban J connectivity index is 2.00. The molecular formula is C16H17N3O3. The Kier molecular flexibility index (Phi) is 4.20. The number of methoxy groups -OCH3 is 1. The first kappa shape index (κ1) is 14.3. The molecule has 3 rings (SSSR count). The Morgan fingerprint density at radius 2 is 2.18 bits per heavy atom. The van der Waals surface area contributed by atoms with E-state index in [0.717, 1.165) is 11.1 Å². The van der Waals surface area contributed by atoms with Crippen LogP contribution in [0.4, 0.5) is 0 Å². The molecule has 0 unspecified atom stereocenters. The number of imidazole rings is 1. The minimum atomic E-state index is 0.0911. The standard InChI is InChI=1S/C16H17N3O3/c1-21-11-5-6-12(14(10-11)22-9-3-8-20)15-18-13-4-2-7-17-16(13)19-15/h2,4-7,10,20H,3,8-9H2,1H3,(H,17,18,19). The van der Waals surface area contributed by atoms with E-state index in [0.29, 0.717) is 36.0 Å². The van der Waals surface area contributed by atoms with Crippen LogP contribution in [0.3, 0.4) is 0 Å². The summed E-state index contributed by atoms with van der Waals surface area (Å²) in [6.07, 6.45) is 2.28. The van der Waals surface area contributed by atoms with Crippen LogP contribution < -0.4 is 9.47 Å². The van der Waals surface area contributed by atoms with Crippen LogP contribution in [0.1, 0.15) is 6.42 Å². The SMILES string of the molecule is COc1ccc(-c2nc3ncccc3[nH]2)c(OCCCO)c1. The smallest absolute Gasteiger partial charge is 0.178 e. The maximum Gasteiger partial charge on any atom is 0.178 e. The van der Waals surface area contributed by atoms with Crippen molar-refractivity contribution in [3.63, 3.8) is 0 Å². The number of hydrogen-bond acceptors (Lipinski definition) is 5. The molecule has 0 amide bonds. The number of fused-ring (bicyclic) bond motifs is 1. The molecule has 0 aliphatic carbocycles. The number of nitrogens with one attached hydrogen (secondary N) is 1. The van der Waals surface area contributed by atoms with E-state index in [1.54, 1.807) is 13.3 Å². The fraction of sp³-hybridized carbons (Fsp3) is 0.250. The van der Waals surface area contributed by atoms with Gasteiger partial charge in [-0.05, 0) is 24.3 Å². The van der Waals surface area contributed by atoms with Gasteiger partial charge in [-0.2, -0.15) is 0 Å². The highest BCUT2D eigenvalue weighted by Crippen LogP contribution is 2.32. The van der Waals surface area contributed by atoms with Crippen LogP contribution in [0.2, 0.25) is 0 Å². The third-order valence-corrected chi connectivity index (χ3v) is 3.26. The molecule has 114 valence electrons. The summed E-state index contributed by atoms with van der Waals surface area (Å²) in [6.45, 7) is 0.517. The number of pyridine rings is 1. The minimum absolute atomic E-state index is 0.0911. The molecule has 2 aromatic heterocycles. The summed E-state index contributed by atoms with van der Waals surface area (Å²) in [7, 11) is 1.61. The molecule has 0 fully saturated rings. The van der Waals surface area contributed by atoms with Crippen molar-refractivity contribution in [2.45, 2.75) is 6.42 Å². The molecule has 1 aromatic carbocycles. The quantitative estimate of drug-likeness (QED) is 0.683. The Morgan fingerprint density at radius 3 is 2.95 bits per heavy atom. The van der Waals surface area contributed by atoms with E-state index in [2.05, 4.69) is 15.0 Å². The molecular weight excluding hydrogens is 282 g/mol. The molecule has 0 bridgehead atoms. The number of aliphatic hydroxyl groups is 1. The molecule has 0 saturated carbocycles.